The molecule has 2 aromatic carbocycles. The van der Waals surface area contributed by atoms with Crippen molar-refractivity contribution in [3.63, 3.8) is 0 Å². The van der Waals surface area contributed by atoms with E-state index in [4.69, 9.17) is 19.9 Å². The number of aromatic nitrogens is 2. The molecule has 3 rings (SSSR count). The lowest BCUT2D eigenvalue weighted by Gasteiger charge is -2.30. The van der Waals surface area contributed by atoms with Crippen LogP contribution >= 0.6 is 0 Å². The Morgan fingerprint density at radius 3 is 2.44 bits per heavy atom. The Kier molecular flexibility index (Phi) is 8.20. The number of rotatable bonds is 11. The first-order valence-electron chi connectivity index (χ1n) is 11.7. The van der Waals surface area contributed by atoms with Gasteiger partial charge in [0.1, 0.15) is 23.9 Å². The summed E-state index contributed by atoms with van der Waals surface area (Å²) in [5.74, 6) is -1.46. The van der Waals surface area contributed by atoms with Crippen LogP contribution in [-0.4, -0.2) is 47.6 Å². The van der Waals surface area contributed by atoms with Crippen LogP contribution in [0.3, 0.4) is 0 Å². The number of aliphatic hydroxyl groups is 1. The minimum Gasteiger partial charge on any atom is -0.493 e. The van der Waals surface area contributed by atoms with Gasteiger partial charge in [-0.25, -0.2) is 9.97 Å². The Bertz CT molecular complexity index is 1210. The molecule has 196 valence electrons. The van der Waals surface area contributed by atoms with Gasteiger partial charge >= 0.3 is 5.92 Å². The van der Waals surface area contributed by atoms with Crippen LogP contribution in [0.4, 0.5) is 20.3 Å². The second-order valence-electron chi connectivity index (χ2n) is 9.07. The van der Waals surface area contributed by atoms with Gasteiger partial charge in [-0.3, -0.25) is 0 Å². The lowest BCUT2D eigenvalue weighted by Crippen LogP contribution is -2.40. The Labute approximate surface area is 209 Å². The van der Waals surface area contributed by atoms with Crippen LogP contribution in [0.5, 0.6) is 11.5 Å². The summed E-state index contributed by atoms with van der Waals surface area (Å²) >= 11 is 0. The van der Waals surface area contributed by atoms with Crippen LogP contribution in [0.2, 0.25) is 0 Å². The van der Waals surface area contributed by atoms with Gasteiger partial charge in [-0.1, -0.05) is 0 Å². The Morgan fingerprint density at radius 1 is 1.08 bits per heavy atom. The lowest BCUT2D eigenvalue weighted by atomic mass is 9.91. The number of methoxy groups -OCH3 is 1. The predicted molar refractivity (Wildman–Crippen MR) is 136 cm³/mol. The van der Waals surface area contributed by atoms with Crippen LogP contribution in [0.15, 0.2) is 30.3 Å². The van der Waals surface area contributed by atoms with Gasteiger partial charge in [0.2, 0.25) is 0 Å². The van der Waals surface area contributed by atoms with Crippen molar-refractivity contribution in [1.29, 1.82) is 0 Å². The fourth-order valence-corrected chi connectivity index (χ4v) is 3.74. The maximum absolute atomic E-state index is 14.9. The van der Waals surface area contributed by atoms with E-state index in [9.17, 15) is 13.9 Å². The van der Waals surface area contributed by atoms with Gasteiger partial charge in [0.05, 0.1) is 25.3 Å². The first kappa shape index (κ1) is 27.3. The maximum atomic E-state index is 14.9. The van der Waals surface area contributed by atoms with Crippen molar-refractivity contribution in [3.8, 4) is 11.5 Å². The topological polar surface area (TPSA) is 112 Å². The van der Waals surface area contributed by atoms with E-state index in [1.165, 1.54) is 12.1 Å². The largest absolute Gasteiger partial charge is 0.493 e. The van der Waals surface area contributed by atoms with Gasteiger partial charge in [0.15, 0.2) is 11.5 Å². The summed E-state index contributed by atoms with van der Waals surface area (Å²) in [5, 5.41) is 14.0. The quantitative estimate of drug-likeness (QED) is 0.248. The first-order valence-corrected chi connectivity index (χ1v) is 11.7. The van der Waals surface area contributed by atoms with Gasteiger partial charge in [0.25, 0.3) is 0 Å². The van der Waals surface area contributed by atoms with Crippen LogP contribution in [0.1, 0.15) is 50.7 Å². The van der Waals surface area contributed by atoms with Gasteiger partial charge < -0.3 is 30.4 Å². The molecule has 0 amide bonds. The normalized spacial score (nSPS) is 13.0. The van der Waals surface area contributed by atoms with E-state index in [1.54, 1.807) is 32.2 Å². The van der Waals surface area contributed by atoms with Gasteiger partial charge in [-0.05, 0) is 64.4 Å². The van der Waals surface area contributed by atoms with E-state index in [0.29, 0.717) is 59.4 Å². The number of nitrogens with zero attached hydrogens (tertiary/aromatic N) is 2. The van der Waals surface area contributed by atoms with Crippen molar-refractivity contribution < 1.29 is 28.1 Å². The molecule has 36 heavy (non-hydrogen) atoms. The van der Waals surface area contributed by atoms with Crippen LogP contribution < -0.4 is 20.5 Å². The monoisotopic (exact) mass is 504 g/mol. The third-order valence-corrected chi connectivity index (χ3v) is 5.74. The van der Waals surface area contributed by atoms with E-state index in [2.05, 4.69) is 15.3 Å². The minimum absolute atomic E-state index is 0.165. The van der Waals surface area contributed by atoms with E-state index in [1.807, 2.05) is 13.8 Å². The average molecular weight is 505 g/mol. The van der Waals surface area contributed by atoms with E-state index >= 15 is 0 Å². The molecule has 0 bridgehead atoms. The highest BCUT2D eigenvalue weighted by molar-refractivity contribution is 5.92. The molecule has 0 unspecified atom stereocenters. The summed E-state index contributed by atoms with van der Waals surface area (Å²) in [6.45, 7) is 8.96. The van der Waals surface area contributed by atoms with Crippen LogP contribution in [0, 0.1) is 6.92 Å². The number of nitrogens with two attached hydrogens (primary N) is 1. The minimum atomic E-state index is -3.50. The van der Waals surface area contributed by atoms with Crippen molar-refractivity contribution in [3.05, 3.63) is 47.3 Å². The van der Waals surface area contributed by atoms with E-state index in [-0.39, 0.29) is 11.3 Å². The molecule has 10 heteroatoms. The summed E-state index contributed by atoms with van der Waals surface area (Å²) in [5.41, 5.74) is 4.65. The highest BCUT2D eigenvalue weighted by Gasteiger charge is 2.47. The Balaban J connectivity index is 1.99. The molecule has 0 aliphatic heterocycles. The van der Waals surface area contributed by atoms with Gasteiger partial charge in [-0.2, -0.15) is 8.78 Å². The summed E-state index contributed by atoms with van der Waals surface area (Å²) in [6.07, 6.45) is 0. The number of nitrogens with one attached hydrogen (secondary N) is 1. The fraction of sp³-hybridized carbons (Fsp3) is 0.462. The molecule has 1 atom stereocenters. The zero-order valence-corrected chi connectivity index (χ0v) is 21.5. The van der Waals surface area contributed by atoms with Crippen LogP contribution in [-0.2, 0) is 10.7 Å². The molecule has 1 aromatic heterocycles. The second-order valence-corrected chi connectivity index (χ2v) is 9.07. The number of alkyl halides is 2. The van der Waals surface area contributed by atoms with Crippen LogP contribution in [0.25, 0.3) is 10.9 Å². The Hall–Kier alpha value is -3.24. The van der Waals surface area contributed by atoms with E-state index in [0.717, 1.165) is 13.8 Å². The highest BCUT2D eigenvalue weighted by Crippen LogP contribution is 2.41. The van der Waals surface area contributed by atoms with Crippen molar-refractivity contribution in [2.75, 3.05) is 38.0 Å². The second kappa shape index (κ2) is 10.8. The maximum Gasteiger partial charge on any atom is 0.300 e. The van der Waals surface area contributed by atoms with Gasteiger partial charge in [0, 0.05) is 29.3 Å². The fourth-order valence-electron chi connectivity index (χ4n) is 3.74. The Morgan fingerprint density at radius 2 is 1.81 bits per heavy atom. The number of benzene rings is 2. The molecular formula is C26H34F2N4O4. The van der Waals surface area contributed by atoms with Gasteiger partial charge in [-0.15, -0.1) is 0 Å². The molecule has 1 heterocycles. The smallest absolute Gasteiger partial charge is 0.300 e. The van der Waals surface area contributed by atoms with Crippen molar-refractivity contribution in [1.82, 2.24) is 9.97 Å². The third kappa shape index (κ3) is 5.93. The molecule has 4 N–H and O–H groups in total. The highest BCUT2D eigenvalue weighted by atomic mass is 19.3. The molecule has 0 aliphatic rings. The SMILES string of the molecule is CCOCCOc1cc2c(N[C@H](C)c3cc(N)cc(C(F)(F)C(C)(C)O)c3)nc(C)nc2cc1OC. The van der Waals surface area contributed by atoms with Crippen molar-refractivity contribution in [2.24, 2.45) is 0 Å². The number of halogens is 2. The predicted octanol–water partition coefficient (Wildman–Crippen LogP) is 4.98. The molecular weight excluding hydrogens is 470 g/mol. The number of ether oxygens (including phenoxy) is 3. The number of anilines is 2. The van der Waals surface area contributed by atoms with Crippen molar-refractivity contribution >= 4 is 22.4 Å². The summed E-state index contributed by atoms with van der Waals surface area (Å²) in [7, 11) is 1.55. The molecule has 8 nitrogen and oxygen atoms in total. The molecule has 0 aliphatic carbocycles. The zero-order chi connectivity index (χ0) is 26.7. The number of fused-ring (bicyclic) bond motifs is 1. The molecule has 0 fully saturated rings. The molecule has 0 saturated carbocycles. The van der Waals surface area contributed by atoms with Crippen molar-refractivity contribution in [2.45, 2.75) is 52.2 Å². The zero-order valence-electron chi connectivity index (χ0n) is 21.5. The number of hydrogen-bond acceptors (Lipinski definition) is 8. The third-order valence-electron chi connectivity index (χ3n) is 5.74. The lowest BCUT2D eigenvalue weighted by molar-refractivity contribution is -0.168. The average Bonchev–Trinajstić information content (AvgIpc) is 2.80. The summed E-state index contributed by atoms with van der Waals surface area (Å²) in [4.78, 5) is 9.05. The number of hydrogen-bond donors (Lipinski definition) is 3. The molecule has 0 saturated heterocycles. The summed E-state index contributed by atoms with van der Waals surface area (Å²) in [6, 6.07) is 7.22. The summed E-state index contributed by atoms with van der Waals surface area (Å²) < 4.78 is 46.4. The van der Waals surface area contributed by atoms with E-state index < -0.39 is 17.6 Å². The molecule has 3 aromatic rings. The number of nitrogen functional groups attached to an aromatic ring is 1. The molecule has 0 radical (unpaired) electrons. The first-order chi connectivity index (χ1) is 16.9. The number of aryl methyl sites for hydroxylation is 1. The standard InChI is InChI=1S/C26H34F2N4O4/c1-7-35-8-9-36-23-13-20-21(14-22(23)34-6)31-16(3)32-24(20)30-15(2)17-10-18(12-19(29)11-17)26(27,28)25(4,5)33/h10-15,33H,7-9,29H2,1-6H3,(H,30,31,32)/t15-/m1/s1. The molecule has 0 spiro atoms.